The Bertz CT molecular complexity index is 571. The molecule has 5 heteroatoms. The van der Waals surface area contributed by atoms with Crippen LogP contribution in [0.1, 0.15) is 11.7 Å². The molecule has 100 valence electrons. The van der Waals surface area contributed by atoms with Crippen molar-refractivity contribution in [3.63, 3.8) is 0 Å². The first-order chi connectivity index (χ1) is 9.02. The smallest absolute Gasteiger partial charge is 0.200 e. The maximum Gasteiger partial charge on any atom is 0.200 e. The van der Waals surface area contributed by atoms with Crippen LogP contribution in [0.25, 0.3) is 11.1 Å². The van der Waals surface area contributed by atoms with Crippen LogP contribution in [0, 0.1) is 0 Å². The number of hydrogen-bond donors (Lipinski definition) is 5. The van der Waals surface area contributed by atoms with Gasteiger partial charge in [-0.2, -0.15) is 0 Å². The van der Waals surface area contributed by atoms with E-state index in [1.54, 1.807) is 24.3 Å². The average molecular weight is 262 g/mol. The second-order valence-electron chi connectivity index (χ2n) is 4.19. The highest BCUT2D eigenvalue weighted by atomic mass is 16.3. The molecule has 0 saturated heterocycles. The summed E-state index contributed by atoms with van der Waals surface area (Å²) in [6.45, 7) is -0.393. The summed E-state index contributed by atoms with van der Waals surface area (Å²) in [5.41, 5.74) is 1.64. The van der Waals surface area contributed by atoms with E-state index in [2.05, 4.69) is 0 Å². The van der Waals surface area contributed by atoms with Gasteiger partial charge in [0, 0.05) is 0 Å². The molecule has 2 aromatic carbocycles. The highest BCUT2D eigenvalue weighted by molar-refractivity contribution is 5.70. The van der Waals surface area contributed by atoms with E-state index in [0.29, 0.717) is 16.7 Å². The maximum atomic E-state index is 9.57. The molecule has 0 unspecified atom stereocenters. The van der Waals surface area contributed by atoms with Gasteiger partial charge in [0.15, 0.2) is 17.2 Å². The van der Waals surface area contributed by atoms with Gasteiger partial charge in [-0.1, -0.05) is 18.2 Å². The van der Waals surface area contributed by atoms with Crippen molar-refractivity contribution in [2.45, 2.75) is 6.10 Å². The summed E-state index contributed by atoms with van der Waals surface area (Å²) in [5.74, 6) is -1.43. The molecule has 0 aromatic heterocycles. The molecule has 2 aromatic rings. The van der Waals surface area contributed by atoms with Crippen LogP contribution >= 0.6 is 0 Å². The van der Waals surface area contributed by atoms with Gasteiger partial charge >= 0.3 is 0 Å². The molecule has 2 rings (SSSR count). The summed E-state index contributed by atoms with van der Waals surface area (Å²) in [7, 11) is 0. The Hall–Kier alpha value is -2.24. The fraction of sp³-hybridized carbons (Fsp3) is 0.143. The van der Waals surface area contributed by atoms with Crippen molar-refractivity contribution in [1.29, 1.82) is 0 Å². The fourth-order valence-corrected chi connectivity index (χ4v) is 1.80. The number of phenols is 3. The summed E-state index contributed by atoms with van der Waals surface area (Å²) in [6, 6.07) is 9.30. The molecule has 0 radical (unpaired) electrons. The van der Waals surface area contributed by atoms with Crippen LogP contribution < -0.4 is 0 Å². The van der Waals surface area contributed by atoms with E-state index in [4.69, 9.17) is 5.11 Å². The lowest BCUT2D eigenvalue weighted by atomic mass is 10.00. The number of aliphatic hydroxyl groups is 2. The molecule has 5 N–H and O–H groups in total. The second-order valence-corrected chi connectivity index (χ2v) is 4.19. The zero-order valence-electron chi connectivity index (χ0n) is 9.98. The Labute approximate surface area is 109 Å². The molecule has 0 amide bonds. The molecular formula is C14H14O5. The normalized spacial score (nSPS) is 12.3. The predicted molar refractivity (Wildman–Crippen MR) is 68.9 cm³/mol. The van der Waals surface area contributed by atoms with Gasteiger partial charge < -0.3 is 25.5 Å². The summed E-state index contributed by atoms with van der Waals surface area (Å²) < 4.78 is 0. The Morgan fingerprint density at radius 1 is 0.895 bits per heavy atom. The average Bonchev–Trinajstić information content (AvgIpc) is 2.43. The van der Waals surface area contributed by atoms with Gasteiger partial charge in [0.2, 0.25) is 0 Å². The number of aliphatic hydroxyl groups excluding tert-OH is 2. The molecule has 0 fully saturated rings. The molecule has 0 heterocycles. The van der Waals surface area contributed by atoms with Crippen LogP contribution in [0.4, 0.5) is 0 Å². The number of rotatable bonds is 3. The van der Waals surface area contributed by atoms with Crippen molar-refractivity contribution < 1.29 is 25.5 Å². The Balaban J connectivity index is 2.47. The van der Waals surface area contributed by atoms with Gasteiger partial charge in [0.05, 0.1) is 6.61 Å². The lowest BCUT2D eigenvalue weighted by molar-refractivity contribution is 0.0956. The SMILES string of the molecule is OC[C@@H](O)c1cccc(-c2cc(O)c(O)c(O)c2)c1. The highest BCUT2D eigenvalue weighted by Crippen LogP contribution is 2.39. The minimum absolute atomic E-state index is 0.393. The van der Waals surface area contributed by atoms with Gasteiger partial charge in [0.1, 0.15) is 6.10 Å². The molecular weight excluding hydrogens is 248 g/mol. The van der Waals surface area contributed by atoms with E-state index < -0.39 is 30.0 Å². The molecule has 0 bridgehead atoms. The van der Waals surface area contributed by atoms with E-state index >= 15 is 0 Å². The van der Waals surface area contributed by atoms with Crippen molar-refractivity contribution in [2.75, 3.05) is 6.61 Å². The minimum Gasteiger partial charge on any atom is -0.504 e. The number of benzene rings is 2. The van der Waals surface area contributed by atoms with Crippen molar-refractivity contribution in [3.05, 3.63) is 42.0 Å². The first kappa shape index (κ1) is 13.2. The summed E-state index contributed by atoms with van der Waals surface area (Å²) >= 11 is 0. The number of hydrogen-bond acceptors (Lipinski definition) is 5. The summed E-state index contributed by atoms with van der Waals surface area (Å²) in [5, 5.41) is 46.7. The van der Waals surface area contributed by atoms with E-state index in [1.165, 1.54) is 12.1 Å². The number of phenolic OH excluding ortho intramolecular Hbond substituents is 3. The molecule has 19 heavy (non-hydrogen) atoms. The van der Waals surface area contributed by atoms with Crippen LogP contribution in [0.5, 0.6) is 17.2 Å². The quantitative estimate of drug-likeness (QED) is 0.539. The Morgan fingerprint density at radius 2 is 1.53 bits per heavy atom. The van der Waals surface area contributed by atoms with Gasteiger partial charge in [-0.3, -0.25) is 0 Å². The zero-order valence-corrected chi connectivity index (χ0v) is 9.98. The third kappa shape index (κ3) is 2.62. The van der Waals surface area contributed by atoms with Crippen LogP contribution in [-0.4, -0.2) is 32.1 Å². The minimum atomic E-state index is -0.987. The molecule has 0 spiro atoms. The topological polar surface area (TPSA) is 101 Å². The highest BCUT2D eigenvalue weighted by Gasteiger charge is 2.11. The third-order valence-electron chi connectivity index (χ3n) is 2.85. The third-order valence-corrected chi connectivity index (χ3v) is 2.85. The molecule has 0 aliphatic rings. The van der Waals surface area contributed by atoms with Crippen LogP contribution in [-0.2, 0) is 0 Å². The van der Waals surface area contributed by atoms with Crippen molar-refractivity contribution in [1.82, 2.24) is 0 Å². The van der Waals surface area contributed by atoms with Gasteiger partial charge in [-0.15, -0.1) is 0 Å². The van der Waals surface area contributed by atoms with Crippen LogP contribution in [0.2, 0.25) is 0 Å². The first-order valence-electron chi connectivity index (χ1n) is 5.67. The summed E-state index contributed by atoms with van der Waals surface area (Å²) in [6.07, 6.45) is -0.987. The second kappa shape index (κ2) is 5.17. The lowest BCUT2D eigenvalue weighted by Crippen LogP contribution is -2.02. The lowest BCUT2D eigenvalue weighted by Gasteiger charge is -2.10. The first-order valence-corrected chi connectivity index (χ1v) is 5.67. The van der Waals surface area contributed by atoms with Gasteiger partial charge in [0.25, 0.3) is 0 Å². The molecule has 0 saturated carbocycles. The van der Waals surface area contributed by atoms with E-state index in [1.807, 2.05) is 0 Å². The zero-order chi connectivity index (χ0) is 14.0. The number of aromatic hydroxyl groups is 3. The molecule has 0 aliphatic heterocycles. The fourth-order valence-electron chi connectivity index (χ4n) is 1.80. The van der Waals surface area contributed by atoms with Gasteiger partial charge in [-0.25, -0.2) is 0 Å². The van der Waals surface area contributed by atoms with E-state index in [0.717, 1.165) is 0 Å². The van der Waals surface area contributed by atoms with Crippen LogP contribution in [0.15, 0.2) is 36.4 Å². The van der Waals surface area contributed by atoms with E-state index in [-0.39, 0.29) is 0 Å². The monoisotopic (exact) mass is 262 g/mol. The van der Waals surface area contributed by atoms with Crippen LogP contribution in [0.3, 0.4) is 0 Å². The molecule has 0 aliphatic carbocycles. The standard InChI is InChI=1S/C14H14O5/c15-7-13(18)9-3-1-2-8(4-9)10-5-11(16)14(19)12(17)6-10/h1-6,13,15-19H,7H2/t13-/m1/s1. The Morgan fingerprint density at radius 3 is 2.11 bits per heavy atom. The van der Waals surface area contributed by atoms with Gasteiger partial charge in [-0.05, 0) is 34.9 Å². The van der Waals surface area contributed by atoms with Crippen molar-refractivity contribution in [2.24, 2.45) is 0 Å². The van der Waals surface area contributed by atoms with Crippen molar-refractivity contribution >= 4 is 0 Å². The summed E-state index contributed by atoms with van der Waals surface area (Å²) in [4.78, 5) is 0. The molecule has 5 nitrogen and oxygen atoms in total. The van der Waals surface area contributed by atoms with Crippen molar-refractivity contribution in [3.8, 4) is 28.4 Å². The molecule has 1 atom stereocenters. The Kier molecular flexibility index (Phi) is 3.59. The largest absolute Gasteiger partial charge is 0.504 e. The maximum absolute atomic E-state index is 9.57. The van der Waals surface area contributed by atoms with E-state index in [9.17, 15) is 20.4 Å². The predicted octanol–water partition coefficient (Wildman–Crippen LogP) is 1.50.